The first-order valence-electron chi connectivity index (χ1n) is 5.80. The number of benzene rings is 1. The fourth-order valence-electron chi connectivity index (χ4n) is 1.93. The molecule has 0 aliphatic carbocycles. The van der Waals surface area contributed by atoms with E-state index in [0.29, 0.717) is 6.54 Å². The first-order chi connectivity index (χ1) is 8.78. The Hall–Kier alpha value is -2.20. The SMILES string of the molecule is Cc1nnc(-c2cc3ccccc3o2)cc1CN. The highest BCUT2D eigenvalue weighted by Crippen LogP contribution is 2.26. The number of fused-ring (bicyclic) bond motifs is 1. The van der Waals surface area contributed by atoms with Gasteiger partial charge in [0, 0.05) is 11.9 Å². The molecular formula is C14H13N3O. The minimum absolute atomic E-state index is 0.453. The number of para-hydroxylation sites is 1. The van der Waals surface area contributed by atoms with Crippen LogP contribution in [-0.2, 0) is 6.54 Å². The summed E-state index contributed by atoms with van der Waals surface area (Å²) in [5, 5.41) is 9.32. The third-order valence-electron chi connectivity index (χ3n) is 2.98. The van der Waals surface area contributed by atoms with E-state index in [0.717, 1.165) is 33.7 Å². The lowest BCUT2D eigenvalue weighted by Gasteiger charge is -2.02. The number of furan rings is 1. The third kappa shape index (κ3) is 1.76. The first-order valence-corrected chi connectivity index (χ1v) is 5.80. The summed E-state index contributed by atoms with van der Waals surface area (Å²) in [6.07, 6.45) is 0. The molecule has 4 heteroatoms. The Bertz CT molecular complexity index is 670. The third-order valence-corrected chi connectivity index (χ3v) is 2.98. The summed E-state index contributed by atoms with van der Waals surface area (Å²) in [5.74, 6) is 0.721. The molecule has 0 aliphatic rings. The highest BCUT2D eigenvalue weighted by atomic mass is 16.3. The van der Waals surface area contributed by atoms with Gasteiger partial charge in [-0.3, -0.25) is 0 Å². The van der Waals surface area contributed by atoms with Crippen LogP contribution >= 0.6 is 0 Å². The number of nitrogens with zero attached hydrogens (tertiary/aromatic N) is 2. The topological polar surface area (TPSA) is 64.9 Å². The van der Waals surface area contributed by atoms with E-state index in [1.54, 1.807) is 0 Å². The molecule has 3 aromatic rings. The Morgan fingerprint density at radius 1 is 1.17 bits per heavy atom. The number of aryl methyl sites for hydroxylation is 1. The van der Waals surface area contributed by atoms with Crippen LogP contribution in [0.15, 0.2) is 40.8 Å². The second kappa shape index (κ2) is 4.23. The second-order valence-electron chi connectivity index (χ2n) is 4.19. The molecule has 4 nitrogen and oxygen atoms in total. The Labute approximate surface area is 104 Å². The van der Waals surface area contributed by atoms with Crippen molar-refractivity contribution in [3.05, 3.63) is 47.7 Å². The van der Waals surface area contributed by atoms with Crippen molar-refractivity contribution in [3.63, 3.8) is 0 Å². The van der Waals surface area contributed by atoms with Gasteiger partial charge in [-0.1, -0.05) is 18.2 Å². The van der Waals surface area contributed by atoms with Crippen LogP contribution in [0.25, 0.3) is 22.4 Å². The molecule has 0 aliphatic heterocycles. The zero-order valence-electron chi connectivity index (χ0n) is 10.1. The van der Waals surface area contributed by atoms with Crippen LogP contribution < -0.4 is 5.73 Å². The van der Waals surface area contributed by atoms with Crippen LogP contribution in [0.1, 0.15) is 11.3 Å². The highest BCUT2D eigenvalue weighted by molar-refractivity contribution is 5.82. The van der Waals surface area contributed by atoms with E-state index in [-0.39, 0.29) is 0 Å². The number of hydrogen-bond donors (Lipinski definition) is 1. The molecule has 3 rings (SSSR count). The van der Waals surface area contributed by atoms with Gasteiger partial charge in [0.05, 0.1) is 5.69 Å². The Morgan fingerprint density at radius 2 is 2.00 bits per heavy atom. The number of aromatic nitrogens is 2. The molecule has 2 aromatic heterocycles. The minimum Gasteiger partial charge on any atom is -0.454 e. The van der Waals surface area contributed by atoms with Crippen molar-refractivity contribution < 1.29 is 4.42 Å². The van der Waals surface area contributed by atoms with Crippen LogP contribution in [0.2, 0.25) is 0 Å². The maximum Gasteiger partial charge on any atom is 0.155 e. The van der Waals surface area contributed by atoms with Gasteiger partial charge in [-0.25, -0.2) is 0 Å². The lowest BCUT2D eigenvalue weighted by Crippen LogP contribution is -2.03. The summed E-state index contributed by atoms with van der Waals surface area (Å²) in [7, 11) is 0. The second-order valence-corrected chi connectivity index (χ2v) is 4.19. The molecule has 0 saturated carbocycles. The summed E-state index contributed by atoms with van der Waals surface area (Å²) in [5.41, 5.74) is 9.09. The van der Waals surface area contributed by atoms with Crippen molar-refractivity contribution in [2.75, 3.05) is 0 Å². The maximum absolute atomic E-state index is 5.75. The molecule has 0 bridgehead atoms. The molecule has 18 heavy (non-hydrogen) atoms. The summed E-state index contributed by atoms with van der Waals surface area (Å²) >= 11 is 0. The minimum atomic E-state index is 0.453. The summed E-state index contributed by atoms with van der Waals surface area (Å²) in [4.78, 5) is 0. The lowest BCUT2D eigenvalue weighted by atomic mass is 10.1. The average molecular weight is 239 g/mol. The Morgan fingerprint density at radius 3 is 2.78 bits per heavy atom. The molecule has 0 radical (unpaired) electrons. The Balaban J connectivity index is 2.13. The van der Waals surface area contributed by atoms with E-state index in [9.17, 15) is 0 Å². The van der Waals surface area contributed by atoms with Crippen LogP contribution in [0.3, 0.4) is 0 Å². The van der Waals surface area contributed by atoms with Crippen molar-refractivity contribution >= 4 is 11.0 Å². The van der Waals surface area contributed by atoms with Gasteiger partial charge >= 0.3 is 0 Å². The van der Waals surface area contributed by atoms with Crippen molar-refractivity contribution in [2.45, 2.75) is 13.5 Å². The average Bonchev–Trinajstić information content (AvgIpc) is 2.83. The van der Waals surface area contributed by atoms with Crippen molar-refractivity contribution in [2.24, 2.45) is 5.73 Å². The van der Waals surface area contributed by atoms with Crippen LogP contribution in [0.5, 0.6) is 0 Å². The maximum atomic E-state index is 5.75. The molecule has 0 fully saturated rings. The van der Waals surface area contributed by atoms with E-state index in [1.165, 1.54) is 0 Å². The lowest BCUT2D eigenvalue weighted by molar-refractivity contribution is 0.626. The van der Waals surface area contributed by atoms with E-state index >= 15 is 0 Å². The largest absolute Gasteiger partial charge is 0.454 e. The van der Waals surface area contributed by atoms with Crippen molar-refractivity contribution in [1.82, 2.24) is 10.2 Å². The predicted molar refractivity (Wildman–Crippen MR) is 69.9 cm³/mol. The van der Waals surface area contributed by atoms with Gasteiger partial charge in [0.15, 0.2) is 5.76 Å². The number of hydrogen-bond acceptors (Lipinski definition) is 4. The van der Waals surface area contributed by atoms with Gasteiger partial charge in [-0.15, -0.1) is 5.10 Å². The normalized spacial score (nSPS) is 11.0. The van der Waals surface area contributed by atoms with E-state index < -0.39 is 0 Å². The van der Waals surface area contributed by atoms with Crippen molar-refractivity contribution in [1.29, 1.82) is 0 Å². The molecule has 1 aromatic carbocycles. The van der Waals surface area contributed by atoms with E-state index in [1.807, 2.05) is 43.3 Å². The van der Waals surface area contributed by atoms with E-state index in [4.69, 9.17) is 10.2 Å². The van der Waals surface area contributed by atoms with Crippen LogP contribution in [0, 0.1) is 6.92 Å². The molecule has 0 amide bonds. The first kappa shape index (κ1) is 10.9. The summed E-state index contributed by atoms with van der Waals surface area (Å²) in [6.45, 7) is 2.35. The van der Waals surface area contributed by atoms with Gasteiger partial charge < -0.3 is 10.2 Å². The van der Waals surface area contributed by atoms with Gasteiger partial charge in [0.25, 0.3) is 0 Å². The highest BCUT2D eigenvalue weighted by Gasteiger charge is 2.09. The molecular weight excluding hydrogens is 226 g/mol. The molecule has 0 spiro atoms. The van der Waals surface area contributed by atoms with Gasteiger partial charge in [-0.2, -0.15) is 5.10 Å². The fourth-order valence-corrected chi connectivity index (χ4v) is 1.93. The Kier molecular flexibility index (Phi) is 2.57. The van der Waals surface area contributed by atoms with Gasteiger partial charge in [0.2, 0.25) is 0 Å². The molecule has 0 atom stereocenters. The monoisotopic (exact) mass is 239 g/mol. The predicted octanol–water partition coefficient (Wildman–Crippen LogP) is 2.66. The zero-order valence-corrected chi connectivity index (χ0v) is 10.1. The number of nitrogens with two attached hydrogens (primary N) is 1. The quantitative estimate of drug-likeness (QED) is 0.746. The number of rotatable bonds is 2. The van der Waals surface area contributed by atoms with Crippen LogP contribution in [-0.4, -0.2) is 10.2 Å². The van der Waals surface area contributed by atoms with Crippen molar-refractivity contribution in [3.8, 4) is 11.5 Å². The van der Waals surface area contributed by atoms with Gasteiger partial charge in [-0.05, 0) is 30.7 Å². The van der Waals surface area contributed by atoms with E-state index in [2.05, 4.69) is 10.2 Å². The molecule has 2 heterocycles. The summed E-state index contributed by atoms with van der Waals surface area (Å²) < 4.78 is 5.75. The fraction of sp³-hybridized carbons (Fsp3) is 0.143. The molecule has 0 unspecified atom stereocenters. The van der Waals surface area contributed by atoms with Crippen LogP contribution in [0.4, 0.5) is 0 Å². The molecule has 2 N–H and O–H groups in total. The smallest absolute Gasteiger partial charge is 0.155 e. The van der Waals surface area contributed by atoms with Gasteiger partial charge in [0.1, 0.15) is 11.3 Å². The summed E-state index contributed by atoms with van der Waals surface area (Å²) in [6, 6.07) is 11.8. The standard InChI is InChI=1S/C14H13N3O/c1-9-11(8-15)6-12(17-16-9)14-7-10-4-2-3-5-13(10)18-14/h2-7H,8,15H2,1H3. The molecule has 90 valence electrons. The molecule has 0 saturated heterocycles. The zero-order chi connectivity index (χ0) is 12.5.